The Balaban J connectivity index is 1.83. The van der Waals surface area contributed by atoms with E-state index in [2.05, 4.69) is 12.3 Å². The van der Waals surface area contributed by atoms with Gasteiger partial charge in [-0.3, -0.25) is 5.84 Å². The maximum absolute atomic E-state index is 13.8. The number of benzene rings is 1. The monoisotopic (exact) mass is 290 g/mol. The third-order valence-corrected chi connectivity index (χ3v) is 4.94. The normalized spacial score (nSPS) is 24.3. The Hall–Kier alpha value is -1.39. The molecule has 21 heavy (non-hydrogen) atoms. The lowest BCUT2D eigenvalue weighted by Crippen LogP contribution is -2.35. The summed E-state index contributed by atoms with van der Waals surface area (Å²) in [6, 6.07) is 6.87. The molecule has 1 aliphatic carbocycles. The molecule has 0 saturated heterocycles. The quantitative estimate of drug-likeness (QED) is 0.652. The Kier molecular flexibility index (Phi) is 4.27. The van der Waals surface area contributed by atoms with Crippen molar-refractivity contribution in [2.75, 3.05) is 0 Å². The van der Waals surface area contributed by atoms with Gasteiger partial charge in [0.05, 0.1) is 6.04 Å². The number of hydrogen-bond acceptors (Lipinski definition) is 3. The highest BCUT2D eigenvalue weighted by molar-refractivity contribution is 5.78. The number of fused-ring (bicyclic) bond motifs is 1. The van der Waals surface area contributed by atoms with Crippen LogP contribution in [0.3, 0.4) is 0 Å². The van der Waals surface area contributed by atoms with E-state index in [1.165, 1.54) is 25.3 Å². The number of nitrogens with one attached hydrogen (secondary N) is 1. The van der Waals surface area contributed by atoms with Crippen LogP contribution in [0.5, 0.6) is 0 Å². The van der Waals surface area contributed by atoms with Crippen molar-refractivity contribution in [2.45, 2.75) is 45.1 Å². The number of furan rings is 1. The summed E-state index contributed by atoms with van der Waals surface area (Å²) in [5.41, 5.74) is 3.21. The van der Waals surface area contributed by atoms with Crippen LogP contribution in [0.4, 0.5) is 4.39 Å². The van der Waals surface area contributed by atoms with Gasteiger partial charge in [-0.05, 0) is 36.8 Å². The van der Waals surface area contributed by atoms with Gasteiger partial charge < -0.3 is 4.42 Å². The molecule has 0 bridgehead atoms. The van der Waals surface area contributed by atoms with Crippen LogP contribution in [-0.4, -0.2) is 0 Å². The Bertz CT molecular complexity index is 602. The first kappa shape index (κ1) is 14.5. The summed E-state index contributed by atoms with van der Waals surface area (Å²) in [6.07, 6.45) is 6.03. The Morgan fingerprint density at radius 2 is 2.10 bits per heavy atom. The van der Waals surface area contributed by atoms with Crippen molar-refractivity contribution >= 4 is 11.0 Å². The molecular formula is C17H23FN2O. The van der Waals surface area contributed by atoms with Crippen LogP contribution in [0.15, 0.2) is 28.7 Å². The lowest BCUT2D eigenvalue weighted by Gasteiger charge is -2.32. The fourth-order valence-electron chi connectivity index (χ4n) is 3.58. The predicted octanol–water partition coefficient (Wildman–Crippen LogP) is 4.29. The van der Waals surface area contributed by atoms with Gasteiger partial charge in [0.15, 0.2) is 11.4 Å². The Morgan fingerprint density at radius 3 is 2.71 bits per heavy atom. The molecule has 1 heterocycles. The maximum Gasteiger partial charge on any atom is 0.169 e. The summed E-state index contributed by atoms with van der Waals surface area (Å²) in [6.45, 7) is 2.26. The zero-order valence-electron chi connectivity index (χ0n) is 12.4. The predicted molar refractivity (Wildman–Crippen MR) is 82.0 cm³/mol. The number of halogens is 1. The second-order valence-corrected chi connectivity index (χ2v) is 6.14. The maximum atomic E-state index is 13.8. The number of hydrazine groups is 1. The molecular weight excluding hydrogens is 267 g/mol. The largest absolute Gasteiger partial charge is 0.456 e. The number of nitrogens with two attached hydrogens (primary N) is 1. The molecule has 114 valence electrons. The van der Waals surface area contributed by atoms with Crippen molar-refractivity contribution in [3.63, 3.8) is 0 Å². The van der Waals surface area contributed by atoms with E-state index in [9.17, 15) is 4.39 Å². The van der Waals surface area contributed by atoms with E-state index < -0.39 is 0 Å². The third kappa shape index (κ3) is 2.83. The van der Waals surface area contributed by atoms with E-state index in [1.807, 2.05) is 12.1 Å². The third-order valence-electron chi connectivity index (χ3n) is 4.94. The summed E-state index contributed by atoms with van der Waals surface area (Å²) >= 11 is 0. The van der Waals surface area contributed by atoms with E-state index in [0.29, 0.717) is 11.5 Å². The summed E-state index contributed by atoms with van der Waals surface area (Å²) in [7, 11) is 0. The lowest BCUT2D eigenvalue weighted by molar-refractivity contribution is 0.204. The Morgan fingerprint density at radius 1 is 1.33 bits per heavy atom. The van der Waals surface area contributed by atoms with E-state index in [4.69, 9.17) is 10.3 Å². The second kappa shape index (κ2) is 6.16. The molecule has 1 saturated carbocycles. The molecule has 0 spiro atoms. The van der Waals surface area contributed by atoms with Crippen LogP contribution in [0, 0.1) is 17.7 Å². The highest BCUT2D eigenvalue weighted by Crippen LogP contribution is 2.39. The summed E-state index contributed by atoms with van der Waals surface area (Å²) in [4.78, 5) is 0. The first-order valence-electron chi connectivity index (χ1n) is 7.87. The van der Waals surface area contributed by atoms with Gasteiger partial charge in [0, 0.05) is 5.39 Å². The smallest absolute Gasteiger partial charge is 0.169 e. The van der Waals surface area contributed by atoms with E-state index in [0.717, 1.165) is 29.9 Å². The van der Waals surface area contributed by atoms with Gasteiger partial charge in [-0.1, -0.05) is 38.3 Å². The molecule has 1 aromatic heterocycles. The molecule has 3 nitrogen and oxygen atoms in total. The fourth-order valence-corrected chi connectivity index (χ4v) is 3.58. The minimum Gasteiger partial charge on any atom is -0.456 e. The van der Waals surface area contributed by atoms with Gasteiger partial charge in [0.1, 0.15) is 5.76 Å². The van der Waals surface area contributed by atoms with Crippen LogP contribution >= 0.6 is 0 Å². The summed E-state index contributed by atoms with van der Waals surface area (Å²) < 4.78 is 19.5. The van der Waals surface area contributed by atoms with Gasteiger partial charge >= 0.3 is 0 Å². The van der Waals surface area contributed by atoms with Crippen LogP contribution in [0.2, 0.25) is 0 Å². The van der Waals surface area contributed by atoms with Crippen molar-refractivity contribution in [3.05, 3.63) is 35.8 Å². The fraction of sp³-hybridized carbons (Fsp3) is 0.529. The Labute approximate surface area is 124 Å². The van der Waals surface area contributed by atoms with Gasteiger partial charge in [-0.25, -0.2) is 9.82 Å². The average Bonchev–Trinajstić information content (AvgIpc) is 2.94. The van der Waals surface area contributed by atoms with Gasteiger partial charge in [0.25, 0.3) is 0 Å². The molecule has 1 aliphatic rings. The van der Waals surface area contributed by atoms with Gasteiger partial charge in [-0.2, -0.15) is 0 Å². The van der Waals surface area contributed by atoms with Crippen LogP contribution < -0.4 is 11.3 Å². The highest BCUT2D eigenvalue weighted by Gasteiger charge is 2.29. The second-order valence-electron chi connectivity index (χ2n) is 6.14. The zero-order valence-corrected chi connectivity index (χ0v) is 12.4. The SMILES string of the molecule is CCC1CCC(C(NN)c2cc3cccc(F)c3o2)CC1. The molecule has 3 rings (SSSR count). The first-order chi connectivity index (χ1) is 10.2. The molecule has 3 N–H and O–H groups in total. The number of rotatable bonds is 4. The minimum atomic E-state index is -0.316. The molecule has 0 radical (unpaired) electrons. The van der Waals surface area contributed by atoms with Crippen LogP contribution in [-0.2, 0) is 0 Å². The molecule has 1 fully saturated rings. The van der Waals surface area contributed by atoms with Gasteiger partial charge in [-0.15, -0.1) is 0 Å². The highest BCUT2D eigenvalue weighted by atomic mass is 19.1. The van der Waals surface area contributed by atoms with E-state index >= 15 is 0 Å². The molecule has 1 aromatic carbocycles. The standard InChI is InChI=1S/C17H23FN2O/c1-2-11-6-8-12(9-7-11)16(20-19)15-10-13-4-3-5-14(18)17(13)21-15/h3-5,10-12,16,20H,2,6-9,19H2,1H3. The van der Waals surface area contributed by atoms with Crippen LogP contribution in [0.1, 0.15) is 50.8 Å². The summed E-state index contributed by atoms with van der Waals surface area (Å²) in [5, 5.41) is 0.799. The zero-order chi connectivity index (χ0) is 14.8. The molecule has 1 unspecified atom stereocenters. The van der Waals surface area contributed by atoms with Crippen molar-refractivity contribution in [3.8, 4) is 0 Å². The van der Waals surface area contributed by atoms with E-state index in [1.54, 1.807) is 6.07 Å². The first-order valence-corrected chi connectivity index (χ1v) is 7.87. The number of hydrogen-bond donors (Lipinski definition) is 2. The van der Waals surface area contributed by atoms with Crippen LogP contribution in [0.25, 0.3) is 11.0 Å². The molecule has 4 heteroatoms. The topological polar surface area (TPSA) is 51.2 Å². The molecule has 2 aromatic rings. The van der Waals surface area contributed by atoms with Crippen molar-refractivity contribution in [2.24, 2.45) is 17.7 Å². The van der Waals surface area contributed by atoms with Crippen molar-refractivity contribution in [1.29, 1.82) is 0 Å². The lowest BCUT2D eigenvalue weighted by atomic mass is 9.77. The molecule has 1 atom stereocenters. The summed E-state index contributed by atoms with van der Waals surface area (Å²) in [5.74, 6) is 7.49. The van der Waals surface area contributed by atoms with E-state index in [-0.39, 0.29) is 11.9 Å². The van der Waals surface area contributed by atoms with Gasteiger partial charge in [0.2, 0.25) is 0 Å². The van der Waals surface area contributed by atoms with Crippen molar-refractivity contribution < 1.29 is 8.81 Å². The average molecular weight is 290 g/mol. The molecule has 0 aliphatic heterocycles. The minimum absolute atomic E-state index is 0.0328. The molecule has 0 amide bonds. The van der Waals surface area contributed by atoms with Crippen molar-refractivity contribution in [1.82, 2.24) is 5.43 Å². The number of para-hydroxylation sites is 1.